The lowest BCUT2D eigenvalue weighted by atomic mass is 10.0. The smallest absolute Gasteiger partial charge is 0.417 e. The lowest BCUT2D eigenvalue weighted by Gasteiger charge is -2.15. The minimum absolute atomic E-state index is 0.0260. The molecule has 0 N–H and O–H groups in total. The van der Waals surface area contributed by atoms with Crippen molar-refractivity contribution in [2.24, 2.45) is 0 Å². The molecule has 3 nitrogen and oxygen atoms in total. The first kappa shape index (κ1) is 30.3. The first-order valence-electron chi connectivity index (χ1n) is 12.4. The predicted octanol–water partition coefficient (Wildman–Crippen LogP) is 8.86. The fraction of sp³-hybridized carbons (Fsp3) is 0.483. The first-order valence-corrected chi connectivity index (χ1v) is 12.4. The van der Waals surface area contributed by atoms with Crippen LogP contribution < -0.4 is 4.74 Å². The van der Waals surface area contributed by atoms with E-state index in [0.29, 0.717) is 18.8 Å². The van der Waals surface area contributed by atoms with Crippen LogP contribution in [-0.2, 0) is 15.7 Å². The minimum Gasteiger partial charge on any atom is -0.493 e. The number of carbonyl (C=O) groups is 1. The average molecular weight is 493 g/mol. The van der Waals surface area contributed by atoms with Crippen molar-refractivity contribution in [2.45, 2.75) is 78.8 Å². The van der Waals surface area contributed by atoms with E-state index in [0.717, 1.165) is 30.9 Å². The molecular weight excluding hydrogens is 453 g/mol. The Bertz CT molecular complexity index is 893. The van der Waals surface area contributed by atoms with Crippen molar-refractivity contribution in [1.82, 2.24) is 0 Å². The van der Waals surface area contributed by atoms with Gasteiger partial charge in [0, 0.05) is 11.6 Å². The summed E-state index contributed by atoms with van der Waals surface area (Å²) in [6, 6.07) is 4.03. The van der Waals surface area contributed by atoms with Crippen molar-refractivity contribution in [1.29, 1.82) is 0 Å². The Kier molecular flexibility index (Phi) is 14.5. The van der Waals surface area contributed by atoms with Crippen molar-refractivity contribution in [2.75, 3.05) is 13.2 Å². The molecule has 0 heterocycles. The molecule has 0 fully saturated rings. The lowest BCUT2D eigenvalue weighted by Crippen LogP contribution is -2.09. The van der Waals surface area contributed by atoms with Crippen LogP contribution in [0.15, 0.2) is 59.7 Å². The van der Waals surface area contributed by atoms with Gasteiger partial charge in [-0.05, 0) is 44.9 Å². The summed E-state index contributed by atoms with van der Waals surface area (Å²) in [5.74, 6) is -0.179. The number of benzene rings is 1. The van der Waals surface area contributed by atoms with Crippen LogP contribution in [-0.4, -0.2) is 19.2 Å². The van der Waals surface area contributed by atoms with E-state index in [9.17, 15) is 18.0 Å². The molecule has 0 saturated heterocycles. The molecule has 0 aromatic heterocycles. The monoisotopic (exact) mass is 492 g/mol. The molecule has 0 atom stereocenters. The first-order chi connectivity index (χ1) is 16.7. The van der Waals surface area contributed by atoms with Crippen LogP contribution in [0.2, 0.25) is 0 Å². The van der Waals surface area contributed by atoms with Gasteiger partial charge in [0.2, 0.25) is 0 Å². The Morgan fingerprint density at radius 3 is 2.29 bits per heavy atom. The molecule has 0 spiro atoms. The molecule has 6 heteroatoms. The van der Waals surface area contributed by atoms with Gasteiger partial charge in [0.1, 0.15) is 5.75 Å². The highest BCUT2D eigenvalue weighted by Crippen LogP contribution is 2.37. The number of ether oxygens (including phenoxy) is 2. The normalized spacial score (nSPS) is 13.1. The van der Waals surface area contributed by atoms with Crippen molar-refractivity contribution in [3.63, 3.8) is 0 Å². The highest BCUT2D eigenvalue weighted by molar-refractivity contribution is 5.83. The number of carbonyl (C=O) groups excluding carboxylic acids is 1. The fourth-order valence-electron chi connectivity index (χ4n) is 3.37. The Morgan fingerprint density at radius 1 is 0.943 bits per heavy atom. The Morgan fingerprint density at radius 2 is 1.63 bits per heavy atom. The molecule has 0 bridgehead atoms. The maximum Gasteiger partial charge on any atom is 0.417 e. The van der Waals surface area contributed by atoms with E-state index in [1.165, 1.54) is 43.9 Å². The number of unbranched alkanes of at least 4 members (excludes halogenated alkanes) is 6. The molecule has 0 aliphatic heterocycles. The van der Waals surface area contributed by atoms with E-state index in [2.05, 4.69) is 6.92 Å². The summed E-state index contributed by atoms with van der Waals surface area (Å²) in [6.45, 7) is 8.16. The molecule has 0 aliphatic carbocycles. The van der Waals surface area contributed by atoms with Gasteiger partial charge in [-0.25, -0.2) is 4.79 Å². The van der Waals surface area contributed by atoms with Crippen molar-refractivity contribution in [3.8, 4) is 5.75 Å². The summed E-state index contributed by atoms with van der Waals surface area (Å²) in [4.78, 5) is 11.5. The molecule has 0 saturated carbocycles. The number of hydrogen-bond acceptors (Lipinski definition) is 3. The third kappa shape index (κ3) is 13.1. The zero-order chi connectivity index (χ0) is 26.1. The number of halogens is 3. The van der Waals surface area contributed by atoms with E-state index in [-0.39, 0.29) is 11.3 Å². The quantitative estimate of drug-likeness (QED) is 0.106. The van der Waals surface area contributed by atoms with Crippen LogP contribution >= 0.6 is 0 Å². The lowest BCUT2D eigenvalue weighted by molar-refractivity contribution is -0.138. The Labute approximate surface area is 208 Å². The van der Waals surface area contributed by atoms with E-state index in [1.807, 2.05) is 0 Å². The second kappa shape index (κ2) is 16.8. The van der Waals surface area contributed by atoms with E-state index in [1.54, 1.807) is 51.1 Å². The molecule has 35 heavy (non-hydrogen) atoms. The number of rotatable bonds is 15. The molecule has 194 valence electrons. The van der Waals surface area contributed by atoms with Gasteiger partial charge in [-0.2, -0.15) is 13.2 Å². The standard InChI is InChI=1S/C29H39F3O3/c1-5-7-8-9-10-11-12-21-35-27-18-14-17-26(29(30,31)32)25(27)20-19-23(3)15-13-16-24(4)22-28(33)34-6-2/h13-20,22H,5-12,21H2,1-4H3. The summed E-state index contributed by atoms with van der Waals surface area (Å²) in [7, 11) is 0. The summed E-state index contributed by atoms with van der Waals surface area (Å²) >= 11 is 0. The third-order valence-electron chi connectivity index (χ3n) is 5.24. The van der Waals surface area contributed by atoms with Crippen molar-refractivity contribution < 1.29 is 27.4 Å². The minimum atomic E-state index is -4.48. The van der Waals surface area contributed by atoms with Gasteiger partial charge < -0.3 is 9.47 Å². The molecule has 0 radical (unpaired) electrons. The summed E-state index contributed by atoms with van der Waals surface area (Å²) in [5, 5.41) is 0. The third-order valence-corrected chi connectivity index (χ3v) is 5.24. The van der Waals surface area contributed by atoms with Gasteiger partial charge in [0.15, 0.2) is 0 Å². The van der Waals surface area contributed by atoms with Crippen LogP contribution in [0.4, 0.5) is 13.2 Å². The molecular formula is C29H39F3O3. The molecule has 1 aromatic carbocycles. The van der Waals surface area contributed by atoms with Gasteiger partial charge in [-0.15, -0.1) is 0 Å². The van der Waals surface area contributed by atoms with Gasteiger partial charge in [-0.3, -0.25) is 0 Å². The average Bonchev–Trinajstić information content (AvgIpc) is 2.79. The van der Waals surface area contributed by atoms with Crippen LogP contribution in [0.25, 0.3) is 6.08 Å². The highest BCUT2D eigenvalue weighted by Gasteiger charge is 2.33. The summed E-state index contributed by atoms with van der Waals surface area (Å²) in [5.41, 5.74) is 0.764. The summed E-state index contributed by atoms with van der Waals surface area (Å²) < 4.78 is 51.5. The van der Waals surface area contributed by atoms with Gasteiger partial charge >= 0.3 is 12.1 Å². The SMILES string of the molecule is CCCCCCCCCOc1cccc(C(F)(F)F)c1C=CC(C)=CC=CC(C)=CC(=O)OCC. The van der Waals surface area contributed by atoms with Crippen molar-refractivity contribution >= 4 is 12.0 Å². The molecule has 1 aromatic rings. The molecule has 0 aliphatic rings. The van der Waals surface area contributed by atoms with Gasteiger partial charge in [0.25, 0.3) is 0 Å². The van der Waals surface area contributed by atoms with E-state index >= 15 is 0 Å². The zero-order valence-electron chi connectivity index (χ0n) is 21.4. The molecule has 1 rings (SSSR count). The van der Waals surface area contributed by atoms with Gasteiger partial charge in [-0.1, -0.05) is 87.5 Å². The van der Waals surface area contributed by atoms with Crippen LogP contribution in [0.3, 0.4) is 0 Å². The number of allylic oxidation sites excluding steroid dienone is 6. The van der Waals surface area contributed by atoms with E-state index in [4.69, 9.17) is 9.47 Å². The van der Waals surface area contributed by atoms with Crippen LogP contribution in [0.1, 0.15) is 83.8 Å². The predicted molar refractivity (Wildman–Crippen MR) is 137 cm³/mol. The Balaban J connectivity index is 2.88. The largest absolute Gasteiger partial charge is 0.493 e. The van der Waals surface area contributed by atoms with Crippen molar-refractivity contribution in [3.05, 3.63) is 70.9 Å². The summed E-state index contributed by atoms with van der Waals surface area (Å²) in [6.07, 6.45) is 13.0. The maximum absolute atomic E-state index is 13.6. The van der Waals surface area contributed by atoms with Crippen LogP contribution in [0.5, 0.6) is 5.75 Å². The topological polar surface area (TPSA) is 35.5 Å². The fourth-order valence-corrected chi connectivity index (χ4v) is 3.37. The number of hydrogen-bond donors (Lipinski definition) is 0. The number of alkyl halides is 3. The van der Waals surface area contributed by atoms with Crippen LogP contribution in [0, 0.1) is 0 Å². The number of esters is 1. The molecule has 0 amide bonds. The Hall–Kier alpha value is -2.76. The second-order valence-electron chi connectivity index (χ2n) is 8.43. The zero-order valence-corrected chi connectivity index (χ0v) is 21.4. The second-order valence-corrected chi connectivity index (χ2v) is 8.43. The maximum atomic E-state index is 13.6. The highest BCUT2D eigenvalue weighted by atomic mass is 19.4. The van der Waals surface area contributed by atoms with Gasteiger partial charge in [0.05, 0.1) is 18.8 Å². The molecule has 0 unspecified atom stereocenters. The van der Waals surface area contributed by atoms with E-state index < -0.39 is 17.7 Å².